The van der Waals surface area contributed by atoms with Crippen LogP contribution in [0.1, 0.15) is 36.5 Å². The molecule has 1 atom stereocenters. The summed E-state index contributed by atoms with van der Waals surface area (Å²) in [5, 5.41) is 2.68. The molecule has 1 aliphatic rings. The molecule has 0 aliphatic carbocycles. The van der Waals surface area contributed by atoms with Gasteiger partial charge < -0.3 is 5.32 Å². The van der Waals surface area contributed by atoms with E-state index in [1.165, 1.54) is 40.7 Å². The predicted octanol–water partition coefficient (Wildman–Crippen LogP) is 4.29. The first-order chi connectivity index (χ1) is 12.8. The first kappa shape index (κ1) is 19.8. The van der Waals surface area contributed by atoms with Gasteiger partial charge in [0, 0.05) is 23.2 Å². The van der Waals surface area contributed by atoms with E-state index < -0.39 is 21.7 Å². The van der Waals surface area contributed by atoms with Crippen molar-refractivity contribution in [1.29, 1.82) is 0 Å². The van der Waals surface area contributed by atoms with Gasteiger partial charge in [0.1, 0.15) is 5.82 Å². The highest BCUT2D eigenvalue weighted by molar-refractivity contribution is 7.89. The summed E-state index contributed by atoms with van der Waals surface area (Å²) >= 11 is 5.69. The lowest BCUT2D eigenvalue weighted by molar-refractivity contribution is 0.102. The Bertz CT molecular complexity index is 948. The van der Waals surface area contributed by atoms with Crippen molar-refractivity contribution in [3.05, 3.63) is 58.9 Å². The van der Waals surface area contributed by atoms with Gasteiger partial charge in [-0.05, 0) is 62.2 Å². The molecule has 3 rings (SSSR count). The molecular weight excluding hydrogens is 391 g/mol. The molecule has 2 aromatic rings. The van der Waals surface area contributed by atoms with Crippen molar-refractivity contribution < 1.29 is 17.6 Å². The van der Waals surface area contributed by atoms with Crippen molar-refractivity contribution in [1.82, 2.24) is 4.31 Å². The van der Waals surface area contributed by atoms with Crippen molar-refractivity contribution in [3.8, 4) is 0 Å². The van der Waals surface area contributed by atoms with E-state index in [0.29, 0.717) is 6.54 Å². The molecule has 1 heterocycles. The summed E-state index contributed by atoms with van der Waals surface area (Å²) in [5.41, 5.74) is 0.234. The third-order valence-corrected chi connectivity index (χ3v) is 6.91. The molecule has 0 spiro atoms. The van der Waals surface area contributed by atoms with Gasteiger partial charge in [-0.25, -0.2) is 12.8 Å². The maximum absolute atomic E-state index is 13.8. The summed E-state index contributed by atoms with van der Waals surface area (Å²) in [5.74, 6) is -1.18. The molecule has 1 fully saturated rings. The largest absolute Gasteiger partial charge is 0.319 e. The Morgan fingerprint density at radius 2 is 1.89 bits per heavy atom. The first-order valence-electron chi connectivity index (χ1n) is 8.67. The zero-order valence-corrected chi connectivity index (χ0v) is 16.4. The van der Waals surface area contributed by atoms with Crippen LogP contribution in [0.3, 0.4) is 0 Å². The van der Waals surface area contributed by atoms with Gasteiger partial charge in [0.25, 0.3) is 5.91 Å². The van der Waals surface area contributed by atoms with E-state index in [1.807, 2.05) is 6.92 Å². The monoisotopic (exact) mass is 410 g/mol. The maximum atomic E-state index is 13.8. The lowest BCUT2D eigenvalue weighted by Gasteiger charge is -2.32. The Morgan fingerprint density at radius 3 is 2.52 bits per heavy atom. The van der Waals surface area contributed by atoms with Gasteiger partial charge in [-0.1, -0.05) is 18.0 Å². The SMILES string of the molecule is C[C@@H]1CCCCN1S(=O)(=O)c1ccc(C(=O)Nc2ccc(Cl)cc2F)cc1. The average Bonchev–Trinajstić information content (AvgIpc) is 2.64. The predicted molar refractivity (Wildman–Crippen MR) is 103 cm³/mol. The smallest absolute Gasteiger partial charge is 0.255 e. The number of piperidine rings is 1. The summed E-state index contributed by atoms with van der Waals surface area (Å²) in [6.45, 7) is 2.40. The molecule has 144 valence electrons. The molecule has 0 unspecified atom stereocenters. The van der Waals surface area contributed by atoms with E-state index in [4.69, 9.17) is 11.6 Å². The highest BCUT2D eigenvalue weighted by Gasteiger charge is 2.30. The van der Waals surface area contributed by atoms with Crippen LogP contribution in [0.4, 0.5) is 10.1 Å². The second-order valence-corrected chi connectivity index (χ2v) is 8.89. The molecule has 0 aromatic heterocycles. The molecule has 27 heavy (non-hydrogen) atoms. The van der Waals surface area contributed by atoms with E-state index in [2.05, 4.69) is 5.32 Å². The number of nitrogens with zero attached hydrogens (tertiary/aromatic N) is 1. The number of hydrogen-bond donors (Lipinski definition) is 1. The topological polar surface area (TPSA) is 66.5 Å². The second-order valence-electron chi connectivity index (χ2n) is 6.56. The Kier molecular flexibility index (Phi) is 5.83. The van der Waals surface area contributed by atoms with Crippen LogP contribution in [-0.4, -0.2) is 31.2 Å². The molecule has 1 aliphatic heterocycles. The molecule has 5 nitrogen and oxygen atoms in total. The lowest BCUT2D eigenvalue weighted by Crippen LogP contribution is -2.41. The van der Waals surface area contributed by atoms with Crippen LogP contribution in [-0.2, 0) is 10.0 Å². The summed E-state index contributed by atoms with van der Waals surface area (Å²) in [7, 11) is -3.60. The van der Waals surface area contributed by atoms with Crippen molar-refractivity contribution in [2.45, 2.75) is 37.1 Å². The highest BCUT2D eigenvalue weighted by atomic mass is 35.5. The lowest BCUT2D eigenvalue weighted by atomic mass is 10.1. The summed E-state index contributed by atoms with van der Waals surface area (Å²) < 4.78 is 40.9. The molecule has 0 radical (unpaired) electrons. The van der Waals surface area contributed by atoms with Gasteiger partial charge in [0.15, 0.2) is 0 Å². The first-order valence-corrected chi connectivity index (χ1v) is 10.5. The highest BCUT2D eigenvalue weighted by Crippen LogP contribution is 2.25. The number of anilines is 1. The third kappa shape index (κ3) is 4.31. The minimum atomic E-state index is -3.60. The summed E-state index contributed by atoms with van der Waals surface area (Å²) in [4.78, 5) is 12.4. The van der Waals surface area contributed by atoms with E-state index in [9.17, 15) is 17.6 Å². The molecule has 0 saturated carbocycles. The zero-order chi connectivity index (χ0) is 19.6. The fraction of sp³-hybridized carbons (Fsp3) is 0.316. The van der Waals surface area contributed by atoms with Crippen LogP contribution in [0, 0.1) is 5.82 Å². The van der Waals surface area contributed by atoms with Gasteiger partial charge in [-0.15, -0.1) is 0 Å². The maximum Gasteiger partial charge on any atom is 0.255 e. The van der Waals surface area contributed by atoms with Gasteiger partial charge in [-0.3, -0.25) is 4.79 Å². The molecule has 0 bridgehead atoms. The summed E-state index contributed by atoms with van der Waals surface area (Å²) in [6.07, 6.45) is 2.71. The number of hydrogen-bond acceptors (Lipinski definition) is 3. The summed E-state index contributed by atoms with van der Waals surface area (Å²) in [6, 6.07) is 9.55. The molecular formula is C19H20ClFN2O3S. The Morgan fingerprint density at radius 1 is 1.19 bits per heavy atom. The standard InChI is InChI=1S/C19H20ClFN2O3S/c1-13-4-2-3-11-23(13)27(25,26)16-8-5-14(6-9-16)19(24)22-18-10-7-15(20)12-17(18)21/h5-10,12-13H,2-4,11H2,1H3,(H,22,24)/t13-/m1/s1. The number of benzene rings is 2. The Hall–Kier alpha value is -1.96. The second kappa shape index (κ2) is 7.96. The Balaban J connectivity index is 1.77. The number of nitrogens with one attached hydrogen (secondary N) is 1. The van der Waals surface area contributed by atoms with Crippen LogP contribution in [0.2, 0.25) is 5.02 Å². The molecule has 1 amide bonds. The fourth-order valence-corrected chi connectivity index (χ4v) is 4.99. The van der Waals surface area contributed by atoms with Gasteiger partial charge in [-0.2, -0.15) is 4.31 Å². The molecule has 1 N–H and O–H groups in total. The molecule has 1 saturated heterocycles. The van der Waals surface area contributed by atoms with E-state index in [1.54, 1.807) is 0 Å². The number of carbonyl (C=O) groups is 1. The van der Waals surface area contributed by atoms with Gasteiger partial charge in [0.05, 0.1) is 10.6 Å². The van der Waals surface area contributed by atoms with Crippen LogP contribution in [0.5, 0.6) is 0 Å². The quantitative estimate of drug-likeness (QED) is 0.817. The normalized spacial score (nSPS) is 18.3. The number of halogens is 2. The third-order valence-electron chi connectivity index (χ3n) is 4.64. The number of rotatable bonds is 4. The van der Waals surface area contributed by atoms with Crippen molar-refractivity contribution in [2.75, 3.05) is 11.9 Å². The molecule has 2 aromatic carbocycles. The van der Waals surface area contributed by atoms with Crippen LogP contribution in [0.25, 0.3) is 0 Å². The van der Waals surface area contributed by atoms with E-state index >= 15 is 0 Å². The van der Waals surface area contributed by atoms with Crippen LogP contribution in [0.15, 0.2) is 47.4 Å². The number of sulfonamides is 1. The number of amides is 1. The van der Waals surface area contributed by atoms with Crippen molar-refractivity contribution in [2.24, 2.45) is 0 Å². The van der Waals surface area contributed by atoms with Crippen LogP contribution < -0.4 is 5.32 Å². The van der Waals surface area contributed by atoms with E-state index in [0.717, 1.165) is 25.3 Å². The minimum Gasteiger partial charge on any atom is -0.319 e. The zero-order valence-electron chi connectivity index (χ0n) is 14.8. The van der Waals surface area contributed by atoms with Crippen molar-refractivity contribution >= 4 is 33.2 Å². The minimum absolute atomic E-state index is 0.00300. The fourth-order valence-electron chi connectivity index (χ4n) is 3.13. The number of carbonyl (C=O) groups excluding carboxylic acids is 1. The average molecular weight is 411 g/mol. The van der Waals surface area contributed by atoms with Crippen LogP contribution >= 0.6 is 11.6 Å². The Labute approximate surface area is 163 Å². The van der Waals surface area contributed by atoms with Gasteiger partial charge >= 0.3 is 0 Å². The van der Waals surface area contributed by atoms with E-state index in [-0.39, 0.29) is 27.2 Å². The van der Waals surface area contributed by atoms with Crippen molar-refractivity contribution in [3.63, 3.8) is 0 Å². The van der Waals surface area contributed by atoms with Gasteiger partial charge in [0.2, 0.25) is 10.0 Å². The molecule has 8 heteroatoms.